The van der Waals surface area contributed by atoms with Crippen molar-refractivity contribution < 1.29 is 9.53 Å². The highest BCUT2D eigenvalue weighted by molar-refractivity contribution is 9.11. The predicted molar refractivity (Wildman–Crippen MR) is 81.2 cm³/mol. The summed E-state index contributed by atoms with van der Waals surface area (Å²) in [6, 6.07) is 6.80. The Morgan fingerprint density at radius 1 is 1.35 bits per heavy atom. The highest BCUT2D eigenvalue weighted by Crippen LogP contribution is 2.24. The summed E-state index contributed by atoms with van der Waals surface area (Å²) in [5.74, 6) is -0.724. The zero-order chi connectivity index (χ0) is 14.7. The lowest BCUT2D eigenvalue weighted by Crippen LogP contribution is -2.22. The minimum Gasteiger partial charge on any atom is -0.461 e. The number of rotatable bonds is 3. The van der Waals surface area contributed by atoms with Gasteiger partial charge in [-0.2, -0.15) is 5.10 Å². The number of hydrogen-bond donors (Lipinski definition) is 0. The summed E-state index contributed by atoms with van der Waals surface area (Å²) in [6.45, 7) is 1.86. The third-order valence-electron chi connectivity index (χ3n) is 2.43. The van der Waals surface area contributed by atoms with Gasteiger partial charge in [-0.25, -0.2) is 9.48 Å². The summed E-state index contributed by atoms with van der Waals surface area (Å²) >= 11 is 6.77. The Labute approximate surface area is 131 Å². The second-order valence-electron chi connectivity index (χ2n) is 3.79. The minimum absolute atomic E-state index is 0.190. The molecule has 7 heteroatoms. The third-order valence-corrected chi connectivity index (χ3v) is 3.60. The quantitative estimate of drug-likeness (QED) is 0.742. The molecule has 0 spiro atoms. The number of benzene rings is 1. The number of nitrogens with zero attached hydrogens (tertiary/aromatic N) is 2. The smallest absolute Gasteiger partial charge is 0.362 e. The van der Waals surface area contributed by atoms with Crippen molar-refractivity contribution in [3.8, 4) is 5.69 Å². The van der Waals surface area contributed by atoms with Crippen molar-refractivity contribution in [2.45, 2.75) is 6.92 Å². The summed E-state index contributed by atoms with van der Waals surface area (Å²) in [5, 5.41) is 4.04. The highest BCUT2D eigenvalue weighted by atomic mass is 79.9. The maximum Gasteiger partial charge on any atom is 0.362 e. The van der Waals surface area contributed by atoms with Crippen LogP contribution in [0.4, 0.5) is 0 Å². The molecule has 0 N–H and O–H groups in total. The Morgan fingerprint density at radius 2 is 2.10 bits per heavy atom. The number of esters is 1. The summed E-state index contributed by atoms with van der Waals surface area (Å²) in [4.78, 5) is 23.4. The molecule has 20 heavy (non-hydrogen) atoms. The Hall–Kier alpha value is -1.47. The maximum atomic E-state index is 11.7. The average molecular weight is 402 g/mol. The topological polar surface area (TPSA) is 61.2 Å². The van der Waals surface area contributed by atoms with Crippen LogP contribution in [0, 0.1) is 0 Å². The largest absolute Gasteiger partial charge is 0.461 e. The van der Waals surface area contributed by atoms with Gasteiger partial charge >= 0.3 is 5.97 Å². The molecule has 0 fully saturated rings. The number of carbonyl (C=O) groups is 1. The van der Waals surface area contributed by atoms with Crippen molar-refractivity contribution in [2.75, 3.05) is 6.61 Å². The number of hydrogen-bond acceptors (Lipinski definition) is 4. The van der Waals surface area contributed by atoms with E-state index in [4.69, 9.17) is 4.74 Å². The van der Waals surface area contributed by atoms with E-state index in [2.05, 4.69) is 37.0 Å². The molecule has 0 unspecified atom stereocenters. The second kappa shape index (κ2) is 6.32. The van der Waals surface area contributed by atoms with Crippen LogP contribution in [0.5, 0.6) is 0 Å². The maximum absolute atomic E-state index is 11.7. The van der Waals surface area contributed by atoms with Gasteiger partial charge in [0.2, 0.25) is 11.1 Å². The molecule has 0 saturated heterocycles. The van der Waals surface area contributed by atoms with Gasteiger partial charge in [-0.05, 0) is 41.1 Å². The van der Waals surface area contributed by atoms with Crippen molar-refractivity contribution in [3.05, 3.63) is 55.3 Å². The molecular formula is C13H10Br2N2O3. The predicted octanol–water partition coefficient (Wildman–Crippen LogP) is 2.93. The van der Waals surface area contributed by atoms with E-state index in [-0.39, 0.29) is 12.3 Å². The molecule has 0 aliphatic heterocycles. The van der Waals surface area contributed by atoms with Crippen molar-refractivity contribution in [3.63, 3.8) is 0 Å². The molecule has 104 valence electrons. The van der Waals surface area contributed by atoms with E-state index >= 15 is 0 Å². The first kappa shape index (κ1) is 14.9. The van der Waals surface area contributed by atoms with Crippen molar-refractivity contribution in [1.82, 2.24) is 9.78 Å². The first-order chi connectivity index (χ1) is 9.52. The van der Waals surface area contributed by atoms with E-state index < -0.39 is 11.4 Å². The van der Waals surface area contributed by atoms with Gasteiger partial charge in [0.15, 0.2) is 0 Å². The van der Waals surface area contributed by atoms with E-state index in [1.807, 2.05) is 18.2 Å². The van der Waals surface area contributed by atoms with Crippen molar-refractivity contribution in [2.24, 2.45) is 0 Å². The Morgan fingerprint density at radius 3 is 2.80 bits per heavy atom. The number of carbonyl (C=O) groups excluding carboxylic acids is 1. The van der Waals surface area contributed by atoms with Crippen LogP contribution in [0.15, 0.2) is 44.2 Å². The van der Waals surface area contributed by atoms with Crippen molar-refractivity contribution >= 4 is 37.8 Å². The molecule has 5 nitrogen and oxygen atoms in total. The molecule has 0 aliphatic rings. The lowest BCUT2D eigenvalue weighted by atomic mass is 10.3. The van der Waals surface area contributed by atoms with Gasteiger partial charge in [0.05, 0.1) is 12.3 Å². The van der Waals surface area contributed by atoms with Gasteiger partial charge in [0.1, 0.15) is 0 Å². The van der Waals surface area contributed by atoms with Gasteiger partial charge in [0.25, 0.3) is 0 Å². The van der Waals surface area contributed by atoms with E-state index in [0.717, 1.165) is 8.95 Å². The molecule has 2 aromatic rings. The zero-order valence-corrected chi connectivity index (χ0v) is 13.6. The van der Waals surface area contributed by atoms with Crippen LogP contribution < -0.4 is 5.43 Å². The lowest BCUT2D eigenvalue weighted by molar-refractivity contribution is 0.0515. The Balaban J connectivity index is 2.54. The third kappa shape index (κ3) is 3.16. The first-order valence-electron chi connectivity index (χ1n) is 5.75. The van der Waals surface area contributed by atoms with E-state index in [1.54, 1.807) is 6.92 Å². The highest BCUT2D eigenvalue weighted by Gasteiger charge is 2.15. The van der Waals surface area contributed by atoms with Crippen LogP contribution in [0.3, 0.4) is 0 Å². The monoisotopic (exact) mass is 400 g/mol. The number of halogens is 2. The van der Waals surface area contributed by atoms with Gasteiger partial charge in [-0.1, -0.05) is 15.9 Å². The molecule has 2 rings (SSSR count). The van der Waals surface area contributed by atoms with Crippen molar-refractivity contribution in [1.29, 1.82) is 0 Å². The van der Waals surface area contributed by atoms with Crippen LogP contribution in [0.2, 0.25) is 0 Å². The van der Waals surface area contributed by atoms with Crippen LogP contribution in [0.25, 0.3) is 5.69 Å². The fraction of sp³-hybridized carbons (Fsp3) is 0.154. The molecule has 0 bridgehead atoms. The van der Waals surface area contributed by atoms with E-state index in [1.165, 1.54) is 16.9 Å². The summed E-state index contributed by atoms with van der Waals surface area (Å²) in [7, 11) is 0. The fourth-order valence-electron chi connectivity index (χ4n) is 1.54. The lowest BCUT2D eigenvalue weighted by Gasteiger charge is -2.09. The van der Waals surface area contributed by atoms with Crippen LogP contribution in [-0.4, -0.2) is 22.4 Å². The molecule has 0 amide bonds. The second-order valence-corrected chi connectivity index (χ2v) is 5.56. The SMILES string of the molecule is CCOC(=O)c1nn(-c2cc(Br)ccc2Br)ccc1=O. The molecule has 0 atom stereocenters. The molecule has 1 heterocycles. The molecular weight excluding hydrogens is 392 g/mol. The molecule has 0 radical (unpaired) electrons. The number of aromatic nitrogens is 2. The van der Waals surface area contributed by atoms with Crippen LogP contribution >= 0.6 is 31.9 Å². The Kier molecular flexibility index (Phi) is 4.72. The summed E-state index contributed by atoms with van der Waals surface area (Å²) in [6.07, 6.45) is 1.50. The first-order valence-corrected chi connectivity index (χ1v) is 7.34. The molecule has 0 aliphatic carbocycles. The normalized spacial score (nSPS) is 10.3. The van der Waals surface area contributed by atoms with E-state index in [9.17, 15) is 9.59 Å². The zero-order valence-electron chi connectivity index (χ0n) is 10.5. The van der Waals surface area contributed by atoms with Gasteiger partial charge in [0, 0.05) is 21.2 Å². The fourth-order valence-corrected chi connectivity index (χ4v) is 2.32. The number of ether oxygens (including phenoxy) is 1. The van der Waals surface area contributed by atoms with E-state index in [0.29, 0.717) is 5.69 Å². The van der Waals surface area contributed by atoms with Gasteiger partial charge in [-0.3, -0.25) is 4.79 Å². The summed E-state index contributed by atoms with van der Waals surface area (Å²) in [5.41, 5.74) is -0.00281. The van der Waals surface area contributed by atoms with Gasteiger partial charge < -0.3 is 4.74 Å². The van der Waals surface area contributed by atoms with Gasteiger partial charge in [-0.15, -0.1) is 0 Å². The standard InChI is InChI=1S/C13H10Br2N2O3/c1-2-20-13(19)12-11(18)5-6-17(16-12)10-7-8(14)3-4-9(10)15/h3-7H,2H2,1H3. The Bertz CT molecular complexity index is 713. The average Bonchev–Trinajstić information content (AvgIpc) is 2.42. The molecule has 1 aromatic carbocycles. The molecule has 1 aromatic heterocycles. The molecule has 0 saturated carbocycles. The van der Waals surface area contributed by atoms with Crippen LogP contribution in [0.1, 0.15) is 17.4 Å². The minimum atomic E-state index is -0.724. The van der Waals surface area contributed by atoms with Crippen LogP contribution in [-0.2, 0) is 4.74 Å². The summed E-state index contributed by atoms with van der Waals surface area (Å²) < 4.78 is 7.90.